The number of rotatable bonds is 5. The van der Waals surface area contributed by atoms with Crippen molar-refractivity contribution in [3.05, 3.63) is 59.4 Å². The second kappa shape index (κ2) is 6.19. The van der Waals surface area contributed by atoms with E-state index in [0.29, 0.717) is 12.2 Å². The molecule has 4 nitrogen and oxygen atoms in total. The van der Waals surface area contributed by atoms with Crippen LogP contribution in [0.25, 0.3) is 0 Å². The van der Waals surface area contributed by atoms with Gasteiger partial charge in [-0.1, -0.05) is 30.3 Å². The summed E-state index contributed by atoms with van der Waals surface area (Å²) in [6.07, 6.45) is 1.92. The van der Waals surface area contributed by atoms with Crippen molar-refractivity contribution < 1.29 is 5.11 Å². The van der Waals surface area contributed by atoms with Crippen LogP contribution < -0.4 is 5.32 Å². The van der Waals surface area contributed by atoms with E-state index in [0.717, 1.165) is 11.1 Å². The van der Waals surface area contributed by atoms with Crippen LogP contribution in [0.2, 0.25) is 0 Å². The Kier molecular flexibility index (Phi) is 4.35. The monoisotopic (exact) mass is 255 g/mol. The second-order valence-electron chi connectivity index (χ2n) is 4.48. The van der Waals surface area contributed by atoms with Gasteiger partial charge in [0.05, 0.1) is 12.6 Å². The van der Waals surface area contributed by atoms with Gasteiger partial charge in [-0.05, 0) is 17.2 Å². The SMILES string of the molecule is Cn1cc(CN[C@H](CO)c2ccccc2)cc1C#N. The van der Waals surface area contributed by atoms with E-state index in [9.17, 15) is 5.11 Å². The molecule has 0 saturated carbocycles. The molecule has 2 rings (SSSR count). The molecule has 19 heavy (non-hydrogen) atoms. The third-order valence-corrected chi connectivity index (χ3v) is 3.11. The molecular formula is C15H17N3O. The minimum absolute atomic E-state index is 0.0436. The van der Waals surface area contributed by atoms with E-state index in [1.807, 2.05) is 49.6 Å². The average molecular weight is 255 g/mol. The van der Waals surface area contributed by atoms with Crippen molar-refractivity contribution in [2.24, 2.45) is 7.05 Å². The quantitative estimate of drug-likeness (QED) is 0.855. The summed E-state index contributed by atoms with van der Waals surface area (Å²) in [5.74, 6) is 0. The molecule has 2 aromatic rings. The molecule has 0 fully saturated rings. The summed E-state index contributed by atoms with van der Waals surface area (Å²) >= 11 is 0. The summed E-state index contributed by atoms with van der Waals surface area (Å²) in [6.45, 7) is 0.664. The largest absolute Gasteiger partial charge is 0.394 e. The fraction of sp³-hybridized carbons (Fsp3) is 0.267. The lowest BCUT2D eigenvalue weighted by Crippen LogP contribution is -2.23. The normalized spacial score (nSPS) is 12.1. The van der Waals surface area contributed by atoms with Crippen LogP contribution in [0.1, 0.15) is 22.9 Å². The molecule has 0 radical (unpaired) electrons. The Balaban J connectivity index is 2.02. The Labute approximate surface area is 112 Å². The van der Waals surface area contributed by atoms with Crippen molar-refractivity contribution in [3.63, 3.8) is 0 Å². The van der Waals surface area contributed by atoms with E-state index < -0.39 is 0 Å². The lowest BCUT2D eigenvalue weighted by atomic mass is 10.1. The third kappa shape index (κ3) is 3.22. The molecule has 1 atom stereocenters. The molecular weight excluding hydrogens is 238 g/mol. The number of benzene rings is 1. The molecule has 0 saturated heterocycles. The maximum atomic E-state index is 9.44. The van der Waals surface area contributed by atoms with Crippen LogP contribution in [0.15, 0.2) is 42.6 Å². The minimum atomic E-state index is -0.0908. The number of nitrogens with zero attached hydrogens (tertiary/aromatic N) is 2. The van der Waals surface area contributed by atoms with Crippen LogP contribution in [0, 0.1) is 11.3 Å². The third-order valence-electron chi connectivity index (χ3n) is 3.11. The fourth-order valence-corrected chi connectivity index (χ4v) is 2.05. The van der Waals surface area contributed by atoms with Gasteiger partial charge in [0.25, 0.3) is 0 Å². The molecule has 0 amide bonds. The van der Waals surface area contributed by atoms with Crippen molar-refractivity contribution in [1.82, 2.24) is 9.88 Å². The van der Waals surface area contributed by atoms with E-state index in [4.69, 9.17) is 5.26 Å². The topological polar surface area (TPSA) is 61.0 Å². The zero-order valence-corrected chi connectivity index (χ0v) is 10.9. The van der Waals surface area contributed by atoms with Gasteiger partial charge in [-0.25, -0.2) is 0 Å². The molecule has 0 spiro atoms. The zero-order valence-electron chi connectivity index (χ0n) is 10.9. The highest BCUT2D eigenvalue weighted by molar-refractivity contribution is 5.28. The summed E-state index contributed by atoms with van der Waals surface area (Å²) in [5, 5.41) is 21.6. The molecule has 98 valence electrons. The zero-order chi connectivity index (χ0) is 13.7. The van der Waals surface area contributed by atoms with Crippen LogP contribution in [-0.2, 0) is 13.6 Å². The van der Waals surface area contributed by atoms with Gasteiger partial charge in [0.15, 0.2) is 0 Å². The van der Waals surface area contributed by atoms with E-state index >= 15 is 0 Å². The van der Waals surface area contributed by atoms with Crippen LogP contribution in [0.5, 0.6) is 0 Å². The summed E-state index contributed by atoms with van der Waals surface area (Å²) < 4.78 is 1.80. The molecule has 0 unspecified atom stereocenters. The van der Waals surface area contributed by atoms with Gasteiger partial charge in [-0.3, -0.25) is 0 Å². The average Bonchev–Trinajstić information content (AvgIpc) is 2.81. The predicted octanol–water partition coefficient (Wildman–Crippen LogP) is 1.72. The van der Waals surface area contributed by atoms with Crippen molar-refractivity contribution in [3.8, 4) is 6.07 Å². The van der Waals surface area contributed by atoms with E-state index in [2.05, 4.69) is 11.4 Å². The van der Waals surface area contributed by atoms with Gasteiger partial charge in [0.1, 0.15) is 11.8 Å². The Morgan fingerprint density at radius 3 is 2.68 bits per heavy atom. The van der Waals surface area contributed by atoms with Gasteiger partial charge < -0.3 is 15.0 Å². The molecule has 4 heteroatoms. The Bertz CT molecular complexity index is 569. The molecule has 1 heterocycles. The summed E-state index contributed by atoms with van der Waals surface area (Å²) in [6, 6.07) is 13.7. The minimum Gasteiger partial charge on any atom is -0.394 e. The number of aliphatic hydroxyl groups is 1. The first-order valence-electron chi connectivity index (χ1n) is 6.19. The Morgan fingerprint density at radius 1 is 1.37 bits per heavy atom. The van der Waals surface area contributed by atoms with Crippen LogP contribution >= 0.6 is 0 Å². The smallest absolute Gasteiger partial charge is 0.120 e. The molecule has 0 aliphatic heterocycles. The molecule has 0 bridgehead atoms. The number of hydrogen-bond donors (Lipinski definition) is 2. The standard InChI is InChI=1S/C15H17N3O/c1-18-10-12(7-14(18)8-16)9-17-15(11-19)13-5-3-2-4-6-13/h2-7,10,15,17,19H,9,11H2,1H3/t15-/m1/s1. The molecule has 1 aromatic heterocycles. The van der Waals surface area contributed by atoms with Crippen LogP contribution in [0.4, 0.5) is 0 Å². The van der Waals surface area contributed by atoms with Crippen molar-refractivity contribution in [1.29, 1.82) is 5.26 Å². The van der Waals surface area contributed by atoms with E-state index in [-0.39, 0.29) is 12.6 Å². The Hall–Kier alpha value is -2.09. The first-order chi connectivity index (χ1) is 9.24. The first kappa shape index (κ1) is 13.3. The van der Waals surface area contributed by atoms with Gasteiger partial charge in [0.2, 0.25) is 0 Å². The number of hydrogen-bond acceptors (Lipinski definition) is 3. The number of nitriles is 1. The van der Waals surface area contributed by atoms with Crippen molar-refractivity contribution >= 4 is 0 Å². The molecule has 1 aromatic carbocycles. The van der Waals surface area contributed by atoms with Gasteiger partial charge in [-0.15, -0.1) is 0 Å². The number of aryl methyl sites for hydroxylation is 1. The van der Waals surface area contributed by atoms with Crippen LogP contribution in [-0.4, -0.2) is 16.3 Å². The molecule has 0 aliphatic carbocycles. The number of aliphatic hydroxyl groups excluding tert-OH is 1. The summed E-state index contributed by atoms with van der Waals surface area (Å²) in [4.78, 5) is 0. The number of nitrogens with one attached hydrogen (secondary N) is 1. The summed E-state index contributed by atoms with van der Waals surface area (Å²) in [5.41, 5.74) is 2.73. The van der Waals surface area contributed by atoms with Crippen molar-refractivity contribution in [2.75, 3.05) is 6.61 Å². The maximum absolute atomic E-state index is 9.44. The lowest BCUT2D eigenvalue weighted by Gasteiger charge is -2.16. The first-order valence-corrected chi connectivity index (χ1v) is 6.19. The van der Waals surface area contributed by atoms with Gasteiger partial charge in [-0.2, -0.15) is 5.26 Å². The number of aromatic nitrogens is 1. The lowest BCUT2D eigenvalue weighted by molar-refractivity contribution is 0.243. The second-order valence-corrected chi connectivity index (χ2v) is 4.48. The van der Waals surface area contributed by atoms with Gasteiger partial charge in [0, 0.05) is 19.8 Å². The highest BCUT2D eigenvalue weighted by Crippen LogP contribution is 2.13. The maximum Gasteiger partial charge on any atom is 0.120 e. The molecule has 0 aliphatic rings. The van der Waals surface area contributed by atoms with E-state index in [1.54, 1.807) is 4.57 Å². The highest BCUT2D eigenvalue weighted by Gasteiger charge is 2.10. The molecule has 2 N–H and O–H groups in total. The van der Waals surface area contributed by atoms with Crippen LogP contribution in [0.3, 0.4) is 0 Å². The van der Waals surface area contributed by atoms with Gasteiger partial charge >= 0.3 is 0 Å². The highest BCUT2D eigenvalue weighted by atomic mass is 16.3. The predicted molar refractivity (Wildman–Crippen MR) is 73.2 cm³/mol. The van der Waals surface area contributed by atoms with E-state index in [1.165, 1.54) is 0 Å². The fourth-order valence-electron chi connectivity index (χ4n) is 2.05. The van der Waals surface area contributed by atoms with Crippen molar-refractivity contribution in [2.45, 2.75) is 12.6 Å². The Morgan fingerprint density at radius 2 is 2.11 bits per heavy atom. The summed E-state index contributed by atoms with van der Waals surface area (Å²) in [7, 11) is 1.85.